The Morgan fingerprint density at radius 3 is 2.18 bits per heavy atom. The molecule has 0 aliphatic rings. The van der Waals surface area contributed by atoms with Crippen LogP contribution in [0.1, 0.15) is 31.0 Å². The van der Waals surface area contributed by atoms with Gasteiger partial charge in [0.1, 0.15) is 0 Å². The van der Waals surface area contributed by atoms with Gasteiger partial charge in [-0.1, -0.05) is 74.5 Å². The molecule has 1 amide bonds. The number of hydrogen-bond acceptors (Lipinski definition) is 2. The molecule has 0 aliphatic carbocycles. The van der Waals surface area contributed by atoms with E-state index < -0.39 is 5.41 Å². The predicted molar refractivity (Wildman–Crippen MR) is 90.3 cm³/mol. The summed E-state index contributed by atoms with van der Waals surface area (Å²) in [6.45, 7) is 4.37. The number of hydrogen-bond donors (Lipinski definition) is 2. The van der Waals surface area contributed by atoms with Gasteiger partial charge in [-0.3, -0.25) is 4.79 Å². The van der Waals surface area contributed by atoms with Crippen molar-refractivity contribution in [2.75, 3.05) is 6.54 Å². The highest BCUT2D eigenvalue weighted by Gasteiger charge is 2.28. The second-order valence-corrected chi connectivity index (χ2v) is 6.27. The van der Waals surface area contributed by atoms with Crippen LogP contribution in [0.4, 0.5) is 0 Å². The highest BCUT2D eigenvalue weighted by molar-refractivity contribution is 5.82. The molecule has 0 aliphatic heterocycles. The summed E-state index contributed by atoms with van der Waals surface area (Å²) in [6.07, 6.45) is 0.709. The summed E-state index contributed by atoms with van der Waals surface area (Å²) in [7, 11) is 0. The third kappa shape index (κ3) is 4.43. The molecular formula is C19H24N2O. The summed E-state index contributed by atoms with van der Waals surface area (Å²) >= 11 is 0. The maximum absolute atomic E-state index is 12.4. The molecule has 1 atom stereocenters. The van der Waals surface area contributed by atoms with Crippen molar-refractivity contribution in [1.29, 1.82) is 0 Å². The van der Waals surface area contributed by atoms with Gasteiger partial charge < -0.3 is 11.1 Å². The van der Waals surface area contributed by atoms with Gasteiger partial charge in [0.05, 0.1) is 0 Å². The Balaban J connectivity index is 1.91. The van der Waals surface area contributed by atoms with E-state index in [1.54, 1.807) is 0 Å². The van der Waals surface area contributed by atoms with Crippen molar-refractivity contribution in [3.05, 3.63) is 71.8 Å². The predicted octanol–water partition coefficient (Wildman–Crippen LogP) is 3.07. The van der Waals surface area contributed by atoms with Crippen LogP contribution in [-0.2, 0) is 11.2 Å². The molecule has 0 aromatic heterocycles. The molecule has 0 fully saturated rings. The van der Waals surface area contributed by atoms with Crippen LogP contribution in [-0.4, -0.2) is 12.5 Å². The van der Waals surface area contributed by atoms with Crippen molar-refractivity contribution in [2.24, 2.45) is 11.1 Å². The standard InChI is InChI=1S/C19H24N2O/c1-19(2,13-15-9-5-3-6-10-15)18(22)21-14-17(20)16-11-7-4-8-12-16/h3-12,17H,13-14,20H2,1-2H3,(H,21,22). The summed E-state index contributed by atoms with van der Waals surface area (Å²) in [4.78, 5) is 12.4. The monoisotopic (exact) mass is 296 g/mol. The van der Waals surface area contributed by atoms with Crippen molar-refractivity contribution in [2.45, 2.75) is 26.3 Å². The summed E-state index contributed by atoms with van der Waals surface area (Å²) < 4.78 is 0. The van der Waals surface area contributed by atoms with E-state index in [1.807, 2.05) is 74.5 Å². The van der Waals surface area contributed by atoms with Gasteiger partial charge in [-0.25, -0.2) is 0 Å². The van der Waals surface area contributed by atoms with Crippen LogP contribution in [0.3, 0.4) is 0 Å². The topological polar surface area (TPSA) is 55.1 Å². The zero-order valence-electron chi connectivity index (χ0n) is 13.3. The molecule has 3 N–H and O–H groups in total. The molecule has 0 saturated heterocycles. The molecule has 0 saturated carbocycles. The average molecular weight is 296 g/mol. The minimum absolute atomic E-state index is 0.0303. The lowest BCUT2D eigenvalue weighted by Crippen LogP contribution is -2.41. The summed E-state index contributed by atoms with van der Waals surface area (Å²) in [5.41, 5.74) is 7.86. The third-order valence-corrected chi connectivity index (χ3v) is 3.81. The Kier molecular flexibility index (Phi) is 5.34. The van der Waals surface area contributed by atoms with E-state index in [0.29, 0.717) is 13.0 Å². The molecule has 1 unspecified atom stereocenters. The largest absolute Gasteiger partial charge is 0.354 e. The number of carbonyl (C=O) groups excluding carboxylic acids is 1. The summed E-state index contributed by atoms with van der Waals surface area (Å²) in [6, 6.07) is 19.7. The average Bonchev–Trinajstić information content (AvgIpc) is 2.53. The van der Waals surface area contributed by atoms with Gasteiger partial charge in [-0.15, -0.1) is 0 Å². The summed E-state index contributed by atoms with van der Waals surface area (Å²) in [5, 5.41) is 2.98. The zero-order chi connectivity index (χ0) is 16.0. The van der Waals surface area contributed by atoms with E-state index >= 15 is 0 Å². The first-order valence-electron chi connectivity index (χ1n) is 7.62. The van der Waals surface area contributed by atoms with Crippen LogP contribution in [0, 0.1) is 5.41 Å². The Morgan fingerprint density at radius 2 is 1.59 bits per heavy atom. The fraction of sp³-hybridized carbons (Fsp3) is 0.316. The van der Waals surface area contributed by atoms with Gasteiger partial charge in [0.2, 0.25) is 5.91 Å². The zero-order valence-corrected chi connectivity index (χ0v) is 13.3. The number of amides is 1. The van der Waals surface area contributed by atoms with Crippen molar-refractivity contribution in [1.82, 2.24) is 5.32 Å². The molecule has 2 aromatic rings. The van der Waals surface area contributed by atoms with Crippen LogP contribution in [0.2, 0.25) is 0 Å². The lowest BCUT2D eigenvalue weighted by molar-refractivity contribution is -0.129. The third-order valence-electron chi connectivity index (χ3n) is 3.81. The summed E-state index contributed by atoms with van der Waals surface area (Å²) in [5.74, 6) is 0.0303. The van der Waals surface area contributed by atoms with Crippen molar-refractivity contribution in [3.8, 4) is 0 Å². The highest BCUT2D eigenvalue weighted by atomic mass is 16.2. The molecule has 0 radical (unpaired) electrons. The molecule has 0 spiro atoms. The fourth-order valence-corrected chi connectivity index (χ4v) is 2.45. The van der Waals surface area contributed by atoms with Crippen LogP contribution < -0.4 is 11.1 Å². The number of benzene rings is 2. The lowest BCUT2D eigenvalue weighted by Gasteiger charge is -2.25. The SMILES string of the molecule is CC(C)(Cc1ccccc1)C(=O)NCC(N)c1ccccc1. The van der Waals surface area contributed by atoms with Crippen LogP contribution >= 0.6 is 0 Å². The number of nitrogens with two attached hydrogens (primary N) is 1. The normalized spacial score (nSPS) is 12.7. The molecular weight excluding hydrogens is 272 g/mol. The van der Waals surface area contributed by atoms with E-state index in [0.717, 1.165) is 11.1 Å². The second kappa shape index (κ2) is 7.23. The van der Waals surface area contributed by atoms with E-state index in [4.69, 9.17) is 5.73 Å². The molecule has 116 valence electrons. The maximum Gasteiger partial charge on any atom is 0.226 e. The smallest absolute Gasteiger partial charge is 0.226 e. The molecule has 0 heterocycles. The maximum atomic E-state index is 12.4. The Labute approximate surface area is 132 Å². The fourth-order valence-electron chi connectivity index (χ4n) is 2.45. The number of carbonyl (C=O) groups is 1. The minimum Gasteiger partial charge on any atom is -0.354 e. The van der Waals surface area contributed by atoms with Gasteiger partial charge in [-0.2, -0.15) is 0 Å². The first kappa shape index (κ1) is 16.2. The quantitative estimate of drug-likeness (QED) is 0.860. The first-order valence-corrected chi connectivity index (χ1v) is 7.62. The molecule has 2 aromatic carbocycles. The number of rotatable bonds is 6. The van der Waals surface area contributed by atoms with E-state index in [1.165, 1.54) is 0 Å². The first-order chi connectivity index (χ1) is 10.5. The molecule has 0 bridgehead atoms. The van der Waals surface area contributed by atoms with Gasteiger partial charge in [0.15, 0.2) is 0 Å². The molecule has 3 heteroatoms. The molecule has 2 rings (SSSR count). The highest BCUT2D eigenvalue weighted by Crippen LogP contribution is 2.22. The van der Waals surface area contributed by atoms with Crippen molar-refractivity contribution >= 4 is 5.91 Å². The van der Waals surface area contributed by atoms with Crippen LogP contribution in [0.5, 0.6) is 0 Å². The van der Waals surface area contributed by atoms with Gasteiger partial charge >= 0.3 is 0 Å². The van der Waals surface area contributed by atoms with Crippen LogP contribution in [0.15, 0.2) is 60.7 Å². The van der Waals surface area contributed by atoms with E-state index in [9.17, 15) is 4.79 Å². The van der Waals surface area contributed by atoms with Gasteiger partial charge in [-0.05, 0) is 17.5 Å². The second-order valence-electron chi connectivity index (χ2n) is 6.27. The minimum atomic E-state index is -0.461. The lowest BCUT2D eigenvalue weighted by atomic mass is 9.84. The van der Waals surface area contributed by atoms with E-state index in [-0.39, 0.29) is 11.9 Å². The van der Waals surface area contributed by atoms with Crippen LogP contribution in [0.25, 0.3) is 0 Å². The molecule has 22 heavy (non-hydrogen) atoms. The van der Waals surface area contributed by atoms with Gasteiger partial charge in [0, 0.05) is 18.0 Å². The molecule has 3 nitrogen and oxygen atoms in total. The Hall–Kier alpha value is -2.13. The van der Waals surface area contributed by atoms with Crippen molar-refractivity contribution in [3.63, 3.8) is 0 Å². The van der Waals surface area contributed by atoms with Crippen molar-refractivity contribution < 1.29 is 4.79 Å². The Morgan fingerprint density at radius 1 is 1.05 bits per heavy atom. The van der Waals surface area contributed by atoms with Gasteiger partial charge in [0.25, 0.3) is 0 Å². The Bertz CT molecular complexity index is 593. The van der Waals surface area contributed by atoms with E-state index in [2.05, 4.69) is 5.32 Å². The number of nitrogens with one attached hydrogen (secondary N) is 1.